The summed E-state index contributed by atoms with van der Waals surface area (Å²) in [4.78, 5) is 18.4. The molecule has 0 fully saturated rings. The van der Waals surface area contributed by atoms with Gasteiger partial charge in [0.2, 0.25) is 0 Å². The molecule has 0 saturated heterocycles. The maximum Gasteiger partial charge on any atom is 0.255 e. The average Bonchev–Trinajstić information content (AvgIpc) is 3.00. The van der Waals surface area contributed by atoms with Gasteiger partial charge in [-0.2, -0.15) is 0 Å². The number of pyridine rings is 1. The number of fused-ring (bicyclic) bond motifs is 1. The van der Waals surface area contributed by atoms with Gasteiger partial charge in [0.25, 0.3) is 5.91 Å². The number of nitrogens with zero attached hydrogens (tertiary/aromatic N) is 5. The van der Waals surface area contributed by atoms with Gasteiger partial charge in [0.1, 0.15) is 5.52 Å². The first kappa shape index (κ1) is 14.2. The van der Waals surface area contributed by atoms with Crippen LogP contribution in [0.25, 0.3) is 16.7 Å². The van der Waals surface area contributed by atoms with Gasteiger partial charge in [0, 0.05) is 19.3 Å². The van der Waals surface area contributed by atoms with Gasteiger partial charge in [-0.15, -0.1) is 5.10 Å². The van der Waals surface area contributed by atoms with Crippen molar-refractivity contribution in [3.8, 4) is 5.69 Å². The van der Waals surface area contributed by atoms with E-state index in [0.717, 1.165) is 16.7 Å². The molecule has 0 bridgehead atoms. The molecule has 0 N–H and O–H groups in total. The maximum absolute atomic E-state index is 12.4. The van der Waals surface area contributed by atoms with Crippen LogP contribution in [0.3, 0.4) is 0 Å². The number of para-hydroxylation sites is 1. The third-order valence-electron chi connectivity index (χ3n) is 3.62. The molecule has 2 aromatic heterocycles. The van der Waals surface area contributed by atoms with E-state index in [4.69, 9.17) is 0 Å². The van der Waals surface area contributed by atoms with Crippen LogP contribution >= 0.6 is 0 Å². The molecule has 22 heavy (non-hydrogen) atoms. The average molecular weight is 295 g/mol. The Balaban J connectivity index is 2.03. The molecule has 3 rings (SSSR count). The van der Waals surface area contributed by atoms with Crippen LogP contribution in [-0.4, -0.2) is 43.9 Å². The smallest absolute Gasteiger partial charge is 0.255 e. The lowest BCUT2D eigenvalue weighted by atomic mass is 10.2. The highest BCUT2D eigenvalue weighted by atomic mass is 16.2. The van der Waals surface area contributed by atoms with E-state index in [1.165, 1.54) is 0 Å². The first-order valence-electron chi connectivity index (χ1n) is 7.29. The molecule has 3 aromatic rings. The summed E-state index contributed by atoms with van der Waals surface area (Å²) in [5, 5.41) is 8.28. The summed E-state index contributed by atoms with van der Waals surface area (Å²) in [7, 11) is 0. The summed E-state index contributed by atoms with van der Waals surface area (Å²) >= 11 is 0. The Hall–Kier alpha value is -2.76. The molecule has 2 heterocycles. The van der Waals surface area contributed by atoms with Gasteiger partial charge in [0.15, 0.2) is 0 Å². The summed E-state index contributed by atoms with van der Waals surface area (Å²) in [5.41, 5.74) is 2.98. The molecule has 6 heteroatoms. The minimum atomic E-state index is -0.0243. The first-order valence-corrected chi connectivity index (χ1v) is 7.29. The van der Waals surface area contributed by atoms with Gasteiger partial charge in [-0.3, -0.25) is 9.78 Å². The Labute approximate surface area is 128 Å². The van der Waals surface area contributed by atoms with Crippen LogP contribution in [-0.2, 0) is 0 Å². The van der Waals surface area contributed by atoms with Crippen molar-refractivity contribution >= 4 is 16.9 Å². The van der Waals surface area contributed by atoms with E-state index >= 15 is 0 Å². The summed E-state index contributed by atoms with van der Waals surface area (Å²) in [6.07, 6.45) is 3.27. The fourth-order valence-electron chi connectivity index (χ4n) is 2.41. The lowest BCUT2D eigenvalue weighted by Crippen LogP contribution is -2.30. The molecule has 0 unspecified atom stereocenters. The normalized spacial score (nSPS) is 10.8. The predicted octanol–water partition coefficient (Wildman–Crippen LogP) is 2.30. The summed E-state index contributed by atoms with van der Waals surface area (Å²) in [6, 6.07) is 9.49. The molecular formula is C16H17N5O. The van der Waals surface area contributed by atoms with Crippen molar-refractivity contribution in [2.45, 2.75) is 13.8 Å². The summed E-state index contributed by atoms with van der Waals surface area (Å²) < 4.78 is 1.70. The van der Waals surface area contributed by atoms with Gasteiger partial charge >= 0.3 is 0 Å². The topological polar surface area (TPSA) is 63.9 Å². The number of rotatable bonds is 4. The largest absolute Gasteiger partial charge is 0.339 e. The van der Waals surface area contributed by atoms with E-state index in [2.05, 4.69) is 15.3 Å². The minimum Gasteiger partial charge on any atom is -0.339 e. The minimum absolute atomic E-state index is 0.0243. The van der Waals surface area contributed by atoms with Crippen LogP contribution < -0.4 is 0 Å². The summed E-state index contributed by atoms with van der Waals surface area (Å²) in [5.74, 6) is -0.0243. The molecular weight excluding hydrogens is 278 g/mol. The second-order valence-electron chi connectivity index (χ2n) is 4.90. The van der Waals surface area contributed by atoms with Crippen molar-refractivity contribution in [1.29, 1.82) is 0 Å². The molecule has 1 aromatic carbocycles. The number of benzene rings is 1. The Morgan fingerprint density at radius 2 is 1.95 bits per heavy atom. The van der Waals surface area contributed by atoms with Crippen molar-refractivity contribution < 1.29 is 4.79 Å². The van der Waals surface area contributed by atoms with E-state index in [0.29, 0.717) is 18.7 Å². The second kappa shape index (κ2) is 5.93. The van der Waals surface area contributed by atoms with Crippen molar-refractivity contribution in [3.05, 3.63) is 48.3 Å². The SMILES string of the molecule is CCN(CC)C(=O)c1cncc(-n2nnc3ccccc32)c1. The molecule has 1 amide bonds. The van der Waals surface area contributed by atoms with Gasteiger partial charge in [-0.05, 0) is 32.0 Å². The highest BCUT2D eigenvalue weighted by Crippen LogP contribution is 2.16. The van der Waals surface area contributed by atoms with E-state index in [-0.39, 0.29) is 5.91 Å². The Bertz CT molecular complexity index is 807. The molecule has 0 spiro atoms. The lowest BCUT2D eigenvalue weighted by molar-refractivity contribution is 0.0772. The Morgan fingerprint density at radius 1 is 1.18 bits per heavy atom. The molecule has 112 valence electrons. The van der Waals surface area contributed by atoms with Crippen LogP contribution in [0.2, 0.25) is 0 Å². The molecule has 0 aliphatic rings. The highest BCUT2D eigenvalue weighted by Gasteiger charge is 2.14. The zero-order chi connectivity index (χ0) is 15.5. The van der Waals surface area contributed by atoms with Crippen LogP contribution in [0, 0.1) is 0 Å². The zero-order valence-electron chi connectivity index (χ0n) is 12.6. The fraction of sp³-hybridized carbons (Fsp3) is 0.250. The van der Waals surface area contributed by atoms with E-state index in [9.17, 15) is 4.79 Å². The highest BCUT2D eigenvalue weighted by molar-refractivity contribution is 5.94. The molecule has 0 atom stereocenters. The van der Waals surface area contributed by atoms with Gasteiger partial charge in [-0.25, -0.2) is 4.68 Å². The van der Waals surface area contributed by atoms with Crippen LogP contribution in [0.4, 0.5) is 0 Å². The van der Waals surface area contributed by atoms with E-state index < -0.39 is 0 Å². The van der Waals surface area contributed by atoms with Crippen molar-refractivity contribution in [3.63, 3.8) is 0 Å². The first-order chi connectivity index (χ1) is 10.7. The van der Waals surface area contributed by atoms with Gasteiger partial charge in [-0.1, -0.05) is 17.3 Å². The standard InChI is InChI=1S/C16H17N5O/c1-3-20(4-2)16(22)12-9-13(11-17-10-12)21-15-8-6-5-7-14(15)18-19-21/h5-11H,3-4H2,1-2H3. The fourth-order valence-corrected chi connectivity index (χ4v) is 2.41. The van der Waals surface area contributed by atoms with Crippen molar-refractivity contribution in [1.82, 2.24) is 24.9 Å². The number of carbonyl (C=O) groups is 1. The monoisotopic (exact) mass is 295 g/mol. The number of amides is 1. The molecule has 0 aliphatic carbocycles. The van der Waals surface area contributed by atoms with Crippen LogP contribution in [0.15, 0.2) is 42.7 Å². The number of hydrogen-bond acceptors (Lipinski definition) is 4. The number of carbonyl (C=O) groups excluding carboxylic acids is 1. The third-order valence-corrected chi connectivity index (χ3v) is 3.62. The molecule has 0 aliphatic heterocycles. The predicted molar refractivity (Wildman–Crippen MR) is 83.9 cm³/mol. The van der Waals surface area contributed by atoms with Gasteiger partial charge < -0.3 is 4.90 Å². The quantitative estimate of drug-likeness (QED) is 0.741. The number of aromatic nitrogens is 4. The Morgan fingerprint density at radius 3 is 2.73 bits per heavy atom. The maximum atomic E-state index is 12.4. The molecule has 0 radical (unpaired) electrons. The third kappa shape index (κ3) is 2.43. The van der Waals surface area contributed by atoms with Crippen molar-refractivity contribution in [2.24, 2.45) is 0 Å². The Kier molecular flexibility index (Phi) is 3.82. The molecule has 0 saturated carbocycles. The molecule has 6 nitrogen and oxygen atoms in total. The van der Waals surface area contributed by atoms with Crippen LogP contribution in [0.1, 0.15) is 24.2 Å². The van der Waals surface area contributed by atoms with E-state index in [1.54, 1.807) is 28.0 Å². The van der Waals surface area contributed by atoms with Crippen LogP contribution in [0.5, 0.6) is 0 Å². The zero-order valence-corrected chi connectivity index (χ0v) is 12.6. The lowest BCUT2D eigenvalue weighted by Gasteiger charge is -2.18. The number of hydrogen-bond donors (Lipinski definition) is 0. The second-order valence-corrected chi connectivity index (χ2v) is 4.90. The van der Waals surface area contributed by atoms with E-state index in [1.807, 2.05) is 38.1 Å². The summed E-state index contributed by atoms with van der Waals surface area (Å²) in [6.45, 7) is 5.27. The van der Waals surface area contributed by atoms with Gasteiger partial charge in [0.05, 0.1) is 23.0 Å². The van der Waals surface area contributed by atoms with Crippen molar-refractivity contribution in [2.75, 3.05) is 13.1 Å².